The number of hydrogen-bond acceptors (Lipinski definition) is 2. The van der Waals surface area contributed by atoms with Gasteiger partial charge in [-0.1, -0.05) is 42.8 Å². The fourth-order valence-corrected chi connectivity index (χ4v) is 2.31. The fourth-order valence-electron chi connectivity index (χ4n) is 1.91. The highest BCUT2D eigenvalue weighted by molar-refractivity contribution is 9.10. The Bertz CT molecular complexity index is 492. The van der Waals surface area contributed by atoms with Crippen molar-refractivity contribution >= 4 is 21.8 Å². The molecule has 4 heteroatoms. The van der Waals surface area contributed by atoms with Gasteiger partial charge in [-0.3, -0.25) is 4.79 Å². The third kappa shape index (κ3) is 7.95. The highest BCUT2D eigenvalue weighted by atomic mass is 79.9. The molecule has 22 heavy (non-hydrogen) atoms. The normalized spacial score (nSPS) is 12.3. The summed E-state index contributed by atoms with van der Waals surface area (Å²) in [5, 5.41) is 2.95. The van der Waals surface area contributed by atoms with Crippen LogP contribution in [0.3, 0.4) is 0 Å². The fraction of sp³-hybridized carbons (Fsp3) is 0.611. The van der Waals surface area contributed by atoms with Crippen molar-refractivity contribution in [2.45, 2.75) is 53.1 Å². The molecule has 0 bridgehead atoms. The van der Waals surface area contributed by atoms with E-state index in [0.29, 0.717) is 12.1 Å². The predicted molar refractivity (Wildman–Crippen MR) is 95.2 cm³/mol. The monoisotopic (exact) mass is 369 g/mol. The van der Waals surface area contributed by atoms with Crippen molar-refractivity contribution in [3.8, 4) is 0 Å². The number of amides is 1. The lowest BCUT2D eigenvalue weighted by Gasteiger charge is -2.27. The summed E-state index contributed by atoms with van der Waals surface area (Å²) in [7, 11) is 0. The van der Waals surface area contributed by atoms with E-state index >= 15 is 0 Å². The van der Waals surface area contributed by atoms with Gasteiger partial charge in [-0.2, -0.15) is 0 Å². The highest BCUT2D eigenvalue weighted by Crippen LogP contribution is 2.21. The number of nitrogens with one attached hydrogen (secondary N) is 1. The minimum Gasteiger partial charge on any atom is -0.375 e. The Balaban J connectivity index is 2.34. The first-order valence-electron chi connectivity index (χ1n) is 7.77. The van der Waals surface area contributed by atoms with Gasteiger partial charge < -0.3 is 10.1 Å². The molecule has 0 heterocycles. The summed E-state index contributed by atoms with van der Waals surface area (Å²) in [5.74, 6) is -0.0493. The van der Waals surface area contributed by atoms with E-state index in [0.717, 1.165) is 23.9 Å². The molecule has 0 aliphatic heterocycles. The van der Waals surface area contributed by atoms with Gasteiger partial charge >= 0.3 is 0 Å². The molecule has 1 aromatic rings. The highest BCUT2D eigenvalue weighted by Gasteiger charge is 2.20. The van der Waals surface area contributed by atoms with E-state index in [1.165, 1.54) is 0 Å². The summed E-state index contributed by atoms with van der Waals surface area (Å²) in [5.41, 5.74) is 0.724. The SMILES string of the molecule is CC(C)(C)CCOC(C)(C)CCNC(=O)c1cccc(Br)c1. The van der Waals surface area contributed by atoms with Crippen LogP contribution in [-0.4, -0.2) is 24.7 Å². The van der Waals surface area contributed by atoms with Crippen molar-refractivity contribution in [1.29, 1.82) is 0 Å². The molecule has 0 saturated heterocycles. The molecule has 1 rings (SSSR count). The van der Waals surface area contributed by atoms with Crippen LogP contribution in [-0.2, 0) is 4.74 Å². The van der Waals surface area contributed by atoms with Gasteiger partial charge in [0.05, 0.1) is 5.60 Å². The van der Waals surface area contributed by atoms with Crippen LogP contribution in [0.1, 0.15) is 57.8 Å². The van der Waals surface area contributed by atoms with E-state index in [9.17, 15) is 4.79 Å². The molecule has 0 aliphatic rings. The van der Waals surface area contributed by atoms with Crippen molar-refractivity contribution in [2.75, 3.05) is 13.2 Å². The average Bonchev–Trinajstić information content (AvgIpc) is 2.36. The van der Waals surface area contributed by atoms with E-state index in [1.54, 1.807) is 0 Å². The molecule has 0 spiro atoms. The van der Waals surface area contributed by atoms with Gasteiger partial charge in [-0.05, 0) is 50.3 Å². The molecule has 0 unspecified atom stereocenters. The van der Waals surface area contributed by atoms with Gasteiger partial charge in [0.25, 0.3) is 5.91 Å². The first-order valence-corrected chi connectivity index (χ1v) is 8.56. The van der Waals surface area contributed by atoms with Crippen LogP contribution in [0.2, 0.25) is 0 Å². The van der Waals surface area contributed by atoms with Crippen molar-refractivity contribution in [3.05, 3.63) is 34.3 Å². The van der Waals surface area contributed by atoms with E-state index in [4.69, 9.17) is 4.74 Å². The molecule has 124 valence electrons. The van der Waals surface area contributed by atoms with Gasteiger partial charge in [0.15, 0.2) is 0 Å². The van der Waals surface area contributed by atoms with E-state index < -0.39 is 0 Å². The molecule has 0 aromatic heterocycles. The van der Waals surface area contributed by atoms with E-state index in [1.807, 2.05) is 24.3 Å². The van der Waals surface area contributed by atoms with Crippen molar-refractivity contribution in [2.24, 2.45) is 5.41 Å². The zero-order chi connectivity index (χ0) is 16.8. The lowest BCUT2D eigenvalue weighted by atomic mass is 9.93. The molecule has 1 N–H and O–H groups in total. The number of halogens is 1. The Labute approximate surface area is 143 Å². The number of benzene rings is 1. The first-order chi connectivity index (χ1) is 10.1. The lowest BCUT2D eigenvalue weighted by Crippen LogP contribution is -2.33. The Hall–Kier alpha value is -0.870. The maximum atomic E-state index is 12.1. The van der Waals surface area contributed by atoms with Gasteiger partial charge in [0.2, 0.25) is 0 Å². The largest absolute Gasteiger partial charge is 0.375 e. The van der Waals surface area contributed by atoms with Crippen molar-refractivity contribution in [1.82, 2.24) is 5.32 Å². The number of rotatable bonds is 7. The Morgan fingerprint density at radius 1 is 1.18 bits per heavy atom. The van der Waals surface area contributed by atoms with Gasteiger partial charge in [-0.25, -0.2) is 0 Å². The standard InChI is InChI=1S/C18H28BrNO2/c1-17(2,3)10-12-22-18(4,5)9-11-20-16(21)14-7-6-8-15(19)13-14/h6-8,13H,9-12H2,1-5H3,(H,20,21). The van der Waals surface area contributed by atoms with E-state index in [-0.39, 0.29) is 16.9 Å². The molecular weight excluding hydrogens is 342 g/mol. The number of hydrogen-bond donors (Lipinski definition) is 1. The quantitative estimate of drug-likeness (QED) is 0.749. The first kappa shape index (κ1) is 19.2. The topological polar surface area (TPSA) is 38.3 Å². The Morgan fingerprint density at radius 2 is 1.86 bits per heavy atom. The van der Waals surface area contributed by atoms with Crippen LogP contribution in [0.4, 0.5) is 0 Å². The Kier molecular flexibility index (Phi) is 7.07. The second-order valence-corrected chi connectivity index (χ2v) is 8.35. The average molecular weight is 370 g/mol. The molecule has 3 nitrogen and oxygen atoms in total. The van der Waals surface area contributed by atoms with Crippen LogP contribution in [0.15, 0.2) is 28.7 Å². The maximum absolute atomic E-state index is 12.1. The molecule has 0 radical (unpaired) electrons. The van der Waals surface area contributed by atoms with Crippen LogP contribution in [0.25, 0.3) is 0 Å². The summed E-state index contributed by atoms with van der Waals surface area (Å²) < 4.78 is 6.86. The third-order valence-corrected chi connectivity index (χ3v) is 3.94. The predicted octanol–water partition coefficient (Wildman–Crippen LogP) is 4.80. The Morgan fingerprint density at radius 3 is 2.45 bits per heavy atom. The molecule has 0 saturated carbocycles. The second-order valence-electron chi connectivity index (χ2n) is 7.44. The second kappa shape index (κ2) is 8.11. The van der Waals surface area contributed by atoms with Crippen LogP contribution >= 0.6 is 15.9 Å². The van der Waals surface area contributed by atoms with Crippen molar-refractivity contribution in [3.63, 3.8) is 0 Å². The minimum absolute atomic E-state index is 0.0493. The molecule has 0 aliphatic carbocycles. The summed E-state index contributed by atoms with van der Waals surface area (Å²) >= 11 is 3.37. The van der Waals surface area contributed by atoms with Crippen LogP contribution in [0, 0.1) is 5.41 Å². The minimum atomic E-state index is -0.226. The number of carbonyl (C=O) groups excluding carboxylic acids is 1. The zero-order valence-electron chi connectivity index (χ0n) is 14.3. The van der Waals surface area contributed by atoms with Gasteiger partial charge in [0, 0.05) is 23.2 Å². The third-order valence-electron chi connectivity index (χ3n) is 3.44. The van der Waals surface area contributed by atoms with E-state index in [2.05, 4.69) is 55.9 Å². The molecule has 1 aromatic carbocycles. The van der Waals surface area contributed by atoms with Gasteiger partial charge in [0.1, 0.15) is 0 Å². The summed E-state index contributed by atoms with van der Waals surface area (Å²) in [6, 6.07) is 7.40. The lowest BCUT2D eigenvalue weighted by molar-refractivity contribution is -0.0322. The molecule has 0 atom stereocenters. The summed E-state index contributed by atoms with van der Waals surface area (Å²) in [6.07, 6.45) is 1.82. The maximum Gasteiger partial charge on any atom is 0.251 e. The van der Waals surface area contributed by atoms with Crippen LogP contribution in [0.5, 0.6) is 0 Å². The molecule has 1 amide bonds. The summed E-state index contributed by atoms with van der Waals surface area (Å²) in [4.78, 5) is 12.1. The van der Waals surface area contributed by atoms with Gasteiger partial charge in [-0.15, -0.1) is 0 Å². The molecule has 0 fully saturated rings. The smallest absolute Gasteiger partial charge is 0.251 e. The zero-order valence-corrected chi connectivity index (χ0v) is 15.9. The number of ether oxygens (including phenoxy) is 1. The van der Waals surface area contributed by atoms with Crippen LogP contribution < -0.4 is 5.32 Å². The summed E-state index contributed by atoms with van der Waals surface area (Å²) in [6.45, 7) is 12.1. The number of carbonyl (C=O) groups is 1. The van der Waals surface area contributed by atoms with Crippen molar-refractivity contribution < 1.29 is 9.53 Å². The molecular formula is C18H28BrNO2.